The summed E-state index contributed by atoms with van der Waals surface area (Å²) in [6.07, 6.45) is 30.4. The molecule has 0 bridgehead atoms. The third-order valence-corrected chi connectivity index (χ3v) is 4.87. The number of carbonyl (C=O) groups is 1. The van der Waals surface area contributed by atoms with Crippen molar-refractivity contribution in [2.24, 2.45) is 0 Å². The highest BCUT2D eigenvalue weighted by Crippen LogP contribution is 2.21. The molecule has 1 aliphatic rings. The van der Waals surface area contributed by atoms with Crippen LogP contribution in [0.1, 0.15) is 103 Å². The average Bonchev–Trinajstić information content (AvgIpc) is 2.65. The van der Waals surface area contributed by atoms with E-state index in [0.29, 0.717) is 6.42 Å². The van der Waals surface area contributed by atoms with Crippen LogP contribution in [-0.4, -0.2) is 12.1 Å². The first-order valence-corrected chi connectivity index (χ1v) is 11.0. The summed E-state index contributed by atoms with van der Waals surface area (Å²) in [7, 11) is 0. The van der Waals surface area contributed by atoms with E-state index in [0.717, 1.165) is 44.9 Å². The lowest BCUT2D eigenvalue weighted by Gasteiger charge is -2.21. The molecule has 0 saturated heterocycles. The fourth-order valence-corrected chi connectivity index (χ4v) is 3.25. The zero-order chi connectivity index (χ0) is 18.7. The Hall–Kier alpha value is -1.31. The van der Waals surface area contributed by atoms with Crippen LogP contribution in [0, 0.1) is 0 Å². The monoisotopic (exact) mass is 360 g/mol. The van der Waals surface area contributed by atoms with Crippen LogP contribution in [0.2, 0.25) is 0 Å². The van der Waals surface area contributed by atoms with Crippen LogP contribution in [0.15, 0.2) is 36.5 Å². The number of hydrogen-bond donors (Lipinski definition) is 0. The average molecular weight is 361 g/mol. The second-order valence-corrected chi connectivity index (χ2v) is 7.38. The van der Waals surface area contributed by atoms with E-state index >= 15 is 0 Å². The van der Waals surface area contributed by atoms with E-state index in [9.17, 15) is 4.79 Å². The molecule has 1 fully saturated rings. The smallest absolute Gasteiger partial charge is 0.306 e. The lowest BCUT2D eigenvalue weighted by molar-refractivity contribution is -0.150. The quantitative estimate of drug-likeness (QED) is 0.183. The molecule has 0 heterocycles. The van der Waals surface area contributed by atoms with Gasteiger partial charge >= 0.3 is 5.97 Å². The first kappa shape index (κ1) is 22.7. The van der Waals surface area contributed by atoms with Gasteiger partial charge in [0.2, 0.25) is 0 Å². The Balaban J connectivity index is 1.89. The molecule has 1 aliphatic carbocycles. The number of allylic oxidation sites excluding steroid dienone is 6. The van der Waals surface area contributed by atoms with Gasteiger partial charge in [-0.3, -0.25) is 4.79 Å². The van der Waals surface area contributed by atoms with Gasteiger partial charge in [0.25, 0.3) is 0 Å². The molecule has 1 saturated carbocycles. The standard InChI is InChI=1S/C24H40O2/c1-2-3-4-5-6-7-8-9-10-11-12-13-14-15-19-22-24(25)26-23-20-17-16-18-21-23/h6-7,9-10,12-13,23H,2-5,8,11,14-22H2,1H3. The molecule has 2 nitrogen and oxygen atoms in total. The third kappa shape index (κ3) is 13.9. The van der Waals surface area contributed by atoms with E-state index in [1.807, 2.05) is 0 Å². The second-order valence-electron chi connectivity index (χ2n) is 7.38. The van der Waals surface area contributed by atoms with Gasteiger partial charge in [-0.05, 0) is 70.6 Å². The van der Waals surface area contributed by atoms with Crippen LogP contribution in [0.3, 0.4) is 0 Å². The van der Waals surface area contributed by atoms with Crippen LogP contribution in [0.5, 0.6) is 0 Å². The highest BCUT2D eigenvalue weighted by molar-refractivity contribution is 5.69. The number of unbranched alkanes of at least 4 members (excludes halogenated alkanes) is 5. The lowest BCUT2D eigenvalue weighted by Crippen LogP contribution is -2.20. The fraction of sp³-hybridized carbons (Fsp3) is 0.708. The second kappa shape index (κ2) is 17.1. The minimum Gasteiger partial charge on any atom is -0.462 e. The molecule has 0 N–H and O–H groups in total. The number of hydrogen-bond acceptors (Lipinski definition) is 2. The molecule has 148 valence electrons. The van der Waals surface area contributed by atoms with Gasteiger partial charge in [-0.1, -0.05) is 62.6 Å². The Bertz CT molecular complexity index is 414. The molecule has 0 amide bonds. The van der Waals surface area contributed by atoms with Crippen molar-refractivity contribution in [3.8, 4) is 0 Å². The van der Waals surface area contributed by atoms with Crippen LogP contribution in [0.25, 0.3) is 0 Å². The largest absolute Gasteiger partial charge is 0.462 e. The summed E-state index contributed by atoms with van der Waals surface area (Å²) in [5.41, 5.74) is 0. The van der Waals surface area contributed by atoms with E-state index in [2.05, 4.69) is 43.4 Å². The van der Waals surface area contributed by atoms with Gasteiger partial charge in [0.15, 0.2) is 0 Å². The molecule has 0 radical (unpaired) electrons. The van der Waals surface area contributed by atoms with Crippen molar-refractivity contribution >= 4 is 5.97 Å². The van der Waals surface area contributed by atoms with E-state index in [1.165, 1.54) is 44.9 Å². The number of ether oxygens (including phenoxy) is 1. The van der Waals surface area contributed by atoms with Gasteiger partial charge < -0.3 is 4.74 Å². The maximum atomic E-state index is 11.8. The maximum Gasteiger partial charge on any atom is 0.306 e. The first-order valence-electron chi connectivity index (χ1n) is 11.0. The molecule has 0 spiro atoms. The highest BCUT2D eigenvalue weighted by Gasteiger charge is 2.16. The van der Waals surface area contributed by atoms with E-state index < -0.39 is 0 Å². The molecule has 0 atom stereocenters. The van der Waals surface area contributed by atoms with Gasteiger partial charge in [-0.2, -0.15) is 0 Å². The third-order valence-electron chi connectivity index (χ3n) is 4.87. The SMILES string of the molecule is CCCCCC=CCC=CCC=CCCCCC(=O)OC1CCCCC1. The van der Waals surface area contributed by atoms with Gasteiger partial charge in [-0.15, -0.1) is 0 Å². The van der Waals surface area contributed by atoms with Gasteiger partial charge in [0, 0.05) is 6.42 Å². The Morgan fingerprint density at radius 3 is 2.00 bits per heavy atom. The Morgan fingerprint density at radius 1 is 0.808 bits per heavy atom. The number of esters is 1. The van der Waals surface area contributed by atoms with E-state index in [1.54, 1.807) is 0 Å². The van der Waals surface area contributed by atoms with Crippen LogP contribution in [0.4, 0.5) is 0 Å². The summed E-state index contributed by atoms with van der Waals surface area (Å²) in [5.74, 6) is 0.00608. The van der Waals surface area contributed by atoms with E-state index in [-0.39, 0.29) is 12.1 Å². The van der Waals surface area contributed by atoms with Crippen molar-refractivity contribution in [3.05, 3.63) is 36.5 Å². The van der Waals surface area contributed by atoms with Crippen molar-refractivity contribution in [1.29, 1.82) is 0 Å². The van der Waals surface area contributed by atoms with Gasteiger partial charge in [0.1, 0.15) is 6.10 Å². The molecular weight excluding hydrogens is 320 g/mol. The van der Waals surface area contributed by atoms with E-state index in [4.69, 9.17) is 4.74 Å². The summed E-state index contributed by atoms with van der Waals surface area (Å²) in [4.78, 5) is 11.8. The molecule has 1 rings (SSSR count). The summed E-state index contributed by atoms with van der Waals surface area (Å²) < 4.78 is 5.54. The number of carbonyl (C=O) groups excluding carboxylic acids is 1. The van der Waals surface area contributed by atoms with Crippen LogP contribution >= 0.6 is 0 Å². The van der Waals surface area contributed by atoms with Gasteiger partial charge in [-0.25, -0.2) is 0 Å². The van der Waals surface area contributed by atoms with Crippen molar-refractivity contribution in [2.45, 2.75) is 109 Å². The highest BCUT2D eigenvalue weighted by atomic mass is 16.5. The predicted molar refractivity (Wildman–Crippen MR) is 112 cm³/mol. The Labute approximate surface area is 161 Å². The molecule has 0 aliphatic heterocycles. The molecule has 2 heteroatoms. The van der Waals surface area contributed by atoms with Crippen molar-refractivity contribution in [3.63, 3.8) is 0 Å². The fourth-order valence-electron chi connectivity index (χ4n) is 3.25. The molecular formula is C24H40O2. The minimum absolute atomic E-state index is 0.00608. The Morgan fingerprint density at radius 2 is 1.38 bits per heavy atom. The molecule has 0 aromatic rings. The number of rotatable bonds is 14. The normalized spacial score (nSPS) is 16.2. The Kier molecular flexibility index (Phi) is 15.0. The summed E-state index contributed by atoms with van der Waals surface area (Å²) >= 11 is 0. The molecule has 0 unspecified atom stereocenters. The summed E-state index contributed by atoms with van der Waals surface area (Å²) in [6, 6.07) is 0. The first-order chi connectivity index (χ1) is 12.8. The summed E-state index contributed by atoms with van der Waals surface area (Å²) in [5, 5.41) is 0. The molecule has 0 aromatic heterocycles. The van der Waals surface area contributed by atoms with Crippen LogP contribution in [-0.2, 0) is 9.53 Å². The van der Waals surface area contributed by atoms with Crippen molar-refractivity contribution in [1.82, 2.24) is 0 Å². The minimum atomic E-state index is 0.00608. The summed E-state index contributed by atoms with van der Waals surface area (Å²) in [6.45, 7) is 2.24. The molecule has 26 heavy (non-hydrogen) atoms. The zero-order valence-corrected chi connectivity index (χ0v) is 17.0. The lowest BCUT2D eigenvalue weighted by atomic mass is 9.98. The molecule has 0 aromatic carbocycles. The van der Waals surface area contributed by atoms with Crippen molar-refractivity contribution < 1.29 is 9.53 Å². The van der Waals surface area contributed by atoms with Crippen LogP contribution < -0.4 is 0 Å². The predicted octanol–water partition coefficient (Wildman–Crippen LogP) is 7.45. The zero-order valence-electron chi connectivity index (χ0n) is 17.0. The maximum absolute atomic E-state index is 11.8. The topological polar surface area (TPSA) is 26.3 Å². The van der Waals surface area contributed by atoms with Crippen molar-refractivity contribution in [2.75, 3.05) is 0 Å². The van der Waals surface area contributed by atoms with Gasteiger partial charge in [0.05, 0.1) is 0 Å².